The van der Waals surface area contributed by atoms with Gasteiger partial charge in [0.05, 0.1) is 12.0 Å². The highest BCUT2D eigenvalue weighted by molar-refractivity contribution is 5.87. The number of nitro benzene ring substituents is 1. The van der Waals surface area contributed by atoms with Gasteiger partial charge < -0.3 is 15.0 Å². The predicted octanol–water partition coefficient (Wildman–Crippen LogP) is 3.09. The van der Waals surface area contributed by atoms with Crippen LogP contribution in [0.4, 0.5) is 20.2 Å². The summed E-state index contributed by atoms with van der Waals surface area (Å²) in [6, 6.07) is 7.28. The Kier molecular flexibility index (Phi) is 5.20. The SMILES string of the molecule is COc1cc(F)c([N+](=O)[O-])c(NC2CCN(Cc3ccc(F)cc3)C2=O)c1. The summed E-state index contributed by atoms with van der Waals surface area (Å²) in [5, 5.41) is 14.0. The molecule has 142 valence electrons. The van der Waals surface area contributed by atoms with Crippen LogP contribution in [-0.2, 0) is 11.3 Å². The van der Waals surface area contributed by atoms with Crippen LogP contribution in [0.1, 0.15) is 12.0 Å². The van der Waals surface area contributed by atoms with Crippen LogP contribution in [0.5, 0.6) is 5.75 Å². The van der Waals surface area contributed by atoms with Crippen LogP contribution in [0, 0.1) is 21.7 Å². The minimum atomic E-state index is -1.05. The van der Waals surface area contributed by atoms with Gasteiger partial charge in [0.1, 0.15) is 23.3 Å². The largest absolute Gasteiger partial charge is 0.497 e. The van der Waals surface area contributed by atoms with Crippen molar-refractivity contribution in [1.82, 2.24) is 4.90 Å². The first-order valence-corrected chi connectivity index (χ1v) is 8.20. The van der Waals surface area contributed by atoms with Gasteiger partial charge in [-0.15, -0.1) is 0 Å². The monoisotopic (exact) mass is 377 g/mol. The summed E-state index contributed by atoms with van der Waals surface area (Å²) in [6.45, 7) is 0.722. The molecule has 2 aromatic carbocycles. The van der Waals surface area contributed by atoms with Crippen LogP contribution in [0.3, 0.4) is 0 Å². The molecule has 1 atom stereocenters. The minimum absolute atomic E-state index is 0.106. The second-order valence-corrected chi connectivity index (χ2v) is 6.13. The van der Waals surface area contributed by atoms with Crippen molar-refractivity contribution in [3.05, 3.63) is 63.7 Å². The van der Waals surface area contributed by atoms with E-state index >= 15 is 0 Å². The van der Waals surface area contributed by atoms with Crippen LogP contribution in [0.25, 0.3) is 0 Å². The summed E-state index contributed by atoms with van der Waals surface area (Å²) in [4.78, 5) is 24.5. The molecular formula is C18H17F2N3O4. The average molecular weight is 377 g/mol. The Balaban J connectivity index is 1.77. The number of hydrogen-bond donors (Lipinski definition) is 1. The van der Waals surface area contributed by atoms with Crippen molar-refractivity contribution in [2.75, 3.05) is 19.0 Å². The van der Waals surface area contributed by atoms with Gasteiger partial charge in [0.2, 0.25) is 11.7 Å². The molecule has 1 saturated heterocycles. The minimum Gasteiger partial charge on any atom is -0.497 e. The lowest BCUT2D eigenvalue weighted by Crippen LogP contribution is -2.33. The number of anilines is 1. The summed E-state index contributed by atoms with van der Waals surface area (Å²) in [5.41, 5.74) is -0.0803. The first kappa shape index (κ1) is 18.6. The van der Waals surface area contributed by atoms with Gasteiger partial charge in [-0.25, -0.2) is 4.39 Å². The zero-order valence-electron chi connectivity index (χ0n) is 14.4. The van der Waals surface area contributed by atoms with Gasteiger partial charge in [-0.3, -0.25) is 14.9 Å². The van der Waals surface area contributed by atoms with Crippen molar-refractivity contribution in [3.8, 4) is 5.75 Å². The van der Waals surface area contributed by atoms with E-state index in [9.17, 15) is 23.7 Å². The van der Waals surface area contributed by atoms with Crippen LogP contribution < -0.4 is 10.1 Å². The molecule has 0 radical (unpaired) electrons. The Hall–Kier alpha value is -3.23. The third-order valence-corrected chi connectivity index (χ3v) is 4.37. The molecule has 9 heteroatoms. The molecule has 0 spiro atoms. The number of ether oxygens (including phenoxy) is 1. The molecule has 1 unspecified atom stereocenters. The molecule has 0 aromatic heterocycles. The van der Waals surface area contributed by atoms with E-state index in [1.165, 1.54) is 25.3 Å². The maximum absolute atomic E-state index is 14.0. The lowest BCUT2D eigenvalue weighted by Gasteiger charge is -2.18. The number of hydrogen-bond acceptors (Lipinski definition) is 5. The summed E-state index contributed by atoms with van der Waals surface area (Å²) in [5.74, 6) is -1.57. The molecule has 1 N–H and O–H groups in total. The maximum atomic E-state index is 14.0. The van der Waals surface area contributed by atoms with Crippen molar-refractivity contribution in [2.45, 2.75) is 19.0 Å². The fourth-order valence-corrected chi connectivity index (χ4v) is 3.02. The molecule has 3 rings (SSSR count). The molecule has 1 fully saturated rings. The van der Waals surface area contributed by atoms with Crippen LogP contribution in [-0.4, -0.2) is 35.4 Å². The van der Waals surface area contributed by atoms with Crippen molar-refractivity contribution < 1.29 is 23.2 Å². The van der Waals surface area contributed by atoms with E-state index in [2.05, 4.69) is 5.32 Å². The summed E-state index contributed by atoms with van der Waals surface area (Å²) < 4.78 is 32.0. The zero-order valence-corrected chi connectivity index (χ0v) is 14.4. The Morgan fingerprint density at radius 1 is 1.30 bits per heavy atom. The average Bonchev–Trinajstić information content (AvgIpc) is 2.96. The predicted molar refractivity (Wildman–Crippen MR) is 93.5 cm³/mol. The number of methoxy groups -OCH3 is 1. The smallest absolute Gasteiger partial charge is 0.327 e. The normalized spacial score (nSPS) is 16.5. The number of nitrogens with zero attached hydrogens (tertiary/aromatic N) is 2. The molecule has 1 amide bonds. The van der Waals surface area contributed by atoms with Gasteiger partial charge in [0, 0.05) is 25.2 Å². The number of likely N-dealkylation sites (tertiary alicyclic amines) is 1. The summed E-state index contributed by atoms with van der Waals surface area (Å²) in [6.07, 6.45) is 0.399. The van der Waals surface area contributed by atoms with E-state index in [-0.39, 0.29) is 23.2 Å². The fraction of sp³-hybridized carbons (Fsp3) is 0.278. The molecule has 1 aliphatic heterocycles. The number of halogens is 2. The first-order chi connectivity index (χ1) is 12.9. The van der Waals surface area contributed by atoms with Crippen molar-refractivity contribution in [3.63, 3.8) is 0 Å². The van der Waals surface area contributed by atoms with Gasteiger partial charge in [-0.2, -0.15) is 4.39 Å². The molecule has 0 saturated carbocycles. The Bertz CT molecular complexity index is 874. The van der Waals surface area contributed by atoms with Crippen molar-refractivity contribution >= 4 is 17.3 Å². The van der Waals surface area contributed by atoms with Gasteiger partial charge in [0.15, 0.2) is 0 Å². The number of rotatable bonds is 6. The lowest BCUT2D eigenvalue weighted by molar-refractivity contribution is -0.386. The zero-order chi connectivity index (χ0) is 19.6. The maximum Gasteiger partial charge on any atom is 0.327 e. The molecule has 0 aliphatic carbocycles. The highest BCUT2D eigenvalue weighted by Gasteiger charge is 2.34. The topological polar surface area (TPSA) is 84.7 Å². The van der Waals surface area contributed by atoms with Crippen molar-refractivity contribution in [2.24, 2.45) is 0 Å². The number of carbonyl (C=O) groups is 1. The fourth-order valence-electron chi connectivity index (χ4n) is 3.02. The number of benzene rings is 2. The molecule has 27 heavy (non-hydrogen) atoms. The standard InChI is InChI=1S/C18H17F2N3O4/c1-27-13-8-14(20)17(23(25)26)16(9-13)21-15-6-7-22(18(15)24)10-11-2-4-12(19)5-3-11/h2-5,8-9,15,21H,6-7,10H2,1H3. The van der Waals surface area contributed by atoms with Gasteiger partial charge in [-0.05, 0) is 24.1 Å². The molecule has 0 bridgehead atoms. The highest BCUT2D eigenvalue weighted by atomic mass is 19.1. The molecule has 2 aromatic rings. The van der Waals surface area contributed by atoms with E-state index in [1.54, 1.807) is 17.0 Å². The quantitative estimate of drug-likeness (QED) is 0.618. The van der Waals surface area contributed by atoms with Gasteiger partial charge in [0.25, 0.3) is 0 Å². The van der Waals surface area contributed by atoms with Gasteiger partial charge in [-0.1, -0.05) is 12.1 Å². The number of nitro groups is 1. The lowest BCUT2D eigenvalue weighted by atomic mass is 10.2. The number of nitrogens with one attached hydrogen (secondary N) is 1. The second-order valence-electron chi connectivity index (χ2n) is 6.13. The Labute approximate surface area is 153 Å². The van der Waals surface area contributed by atoms with Crippen LogP contribution in [0.2, 0.25) is 0 Å². The number of carbonyl (C=O) groups excluding carboxylic acids is 1. The summed E-state index contributed by atoms with van der Waals surface area (Å²) in [7, 11) is 1.32. The highest BCUT2D eigenvalue weighted by Crippen LogP contribution is 2.34. The Morgan fingerprint density at radius 2 is 2.00 bits per heavy atom. The van der Waals surface area contributed by atoms with E-state index in [0.717, 1.165) is 11.6 Å². The van der Waals surface area contributed by atoms with Crippen molar-refractivity contribution in [1.29, 1.82) is 0 Å². The van der Waals surface area contributed by atoms with E-state index < -0.39 is 22.5 Å². The summed E-state index contributed by atoms with van der Waals surface area (Å²) >= 11 is 0. The third kappa shape index (κ3) is 3.97. The first-order valence-electron chi connectivity index (χ1n) is 8.20. The van der Waals surface area contributed by atoms with E-state index in [1.807, 2.05) is 0 Å². The van der Waals surface area contributed by atoms with E-state index in [0.29, 0.717) is 19.5 Å². The molecular weight excluding hydrogens is 360 g/mol. The molecule has 7 nitrogen and oxygen atoms in total. The molecule has 1 heterocycles. The third-order valence-electron chi connectivity index (χ3n) is 4.37. The van der Waals surface area contributed by atoms with E-state index in [4.69, 9.17) is 4.74 Å². The number of amides is 1. The Morgan fingerprint density at radius 3 is 2.63 bits per heavy atom. The van der Waals surface area contributed by atoms with Gasteiger partial charge >= 0.3 is 5.69 Å². The van der Waals surface area contributed by atoms with Crippen LogP contribution in [0.15, 0.2) is 36.4 Å². The molecule has 1 aliphatic rings. The second kappa shape index (κ2) is 7.56. The van der Waals surface area contributed by atoms with Crippen LogP contribution >= 0.6 is 0 Å².